The number of rotatable bonds is 9. The van der Waals surface area contributed by atoms with Crippen LogP contribution in [-0.4, -0.2) is 28.7 Å². The Balaban J connectivity index is 0.000000257. The number of aromatic nitrogens is 2. The second-order valence-electron chi connectivity index (χ2n) is 10.6. The molecule has 5 aromatic carbocycles. The Morgan fingerprint density at radius 2 is 1.19 bits per heavy atom. The molecule has 8 nitrogen and oxygen atoms in total. The van der Waals surface area contributed by atoms with E-state index in [1.54, 1.807) is 13.3 Å². The summed E-state index contributed by atoms with van der Waals surface area (Å²) in [5.41, 5.74) is 9.06. The van der Waals surface area contributed by atoms with Gasteiger partial charge in [-0.3, -0.25) is 24.1 Å². The van der Waals surface area contributed by atoms with Crippen LogP contribution in [0.5, 0.6) is 5.75 Å². The number of carbonyl (C=O) groups excluding carboxylic acids is 1. The van der Waals surface area contributed by atoms with Gasteiger partial charge in [0.15, 0.2) is 0 Å². The average Bonchev–Trinajstić information content (AvgIpc) is 3.14. The lowest BCUT2D eigenvalue weighted by atomic mass is 10.0. The van der Waals surface area contributed by atoms with Crippen molar-refractivity contribution in [1.82, 2.24) is 9.13 Å². The third-order valence-electron chi connectivity index (χ3n) is 7.46. The van der Waals surface area contributed by atoms with Gasteiger partial charge in [0.1, 0.15) is 17.9 Å². The van der Waals surface area contributed by atoms with Crippen molar-refractivity contribution in [2.45, 2.75) is 6.54 Å². The number of nitrogens with one attached hydrogen (secondary N) is 1. The van der Waals surface area contributed by atoms with Crippen LogP contribution in [0.1, 0.15) is 21.5 Å². The molecule has 0 saturated carbocycles. The van der Waals surface area contributed by atoms with Crippen molar-refractivity contribution in [3.8, 4) is 28.0 Å². The van der Waals surface area contributed by atoms with Gasteiger partial charge < -0.3 is 4.74 Å². The van der Waals surface area contributed by atoms with Gasteiger partial charge in [-0.25, -0.2) is 4.79 Å². The van der Waals surface area contributed by atoms with Crippen molar-refractivity contribution in [2.24, 2.45) is 12.1 Å². The fourth-order valence-electron chi connectivity index (χ4n) is 4.78. The van der Waals surface area contributed by atoms with E-state index in [2.05, 4.69) is 34.8 Å². The van der Waals surface area contributed by atoms with Gasteiger partial charge in [-0.05, 0) is 45.5 Å². The normalized spacial score (nSPS) is 10.6. The summed E-state index contributed by atoms with van der Waals surface area (Å²) in [7, 11) is 3.05. The molecule has 0 radical (unpaired) electrons. The second-order valence-corrected chi connectivity index (χ2v) is 10.6. The van der Waals surface area contributed by atoms with Gasteiger partial charge in [0.05, 0.1) is 19.9 Å². The number of hydrazone groups is 1. The fourth-order valence-corrected chi connectivity index (χ4v) is 4.78. The zero-order valence-corrected chi connectivity index (χ0v) is 26.1. The minimum atomic E-state index is -0.428. The third-order valence-corrected chi connectivity index (χ3v) is 7.46. The summed E-state index contributed by atoms with van der Waals surface area (Å²) >= 11 is 0. The van der Waals surface area contributed by atoms with Crippen molar-refractivity contribution in [3.05, 3.63) is 177 Å². The molecule has 0 amide bonds. The summed E-state index contributed by atoms with van der Waals surface area (Å²) in [6, 6.07) is 44.5. The molecular formula is C39H34N4O4. The molecular weight excluding hydrogens is 588 g/mol. The van der Waals surface area contributed by atoms with E-state index >= 15 is 0 Å². The molecule has 0 bridgehead atoms. The zero-order valence-electron chi connectivity index (χ0n) is 26.1. The van der Waals surface area contributed by atoms with E-state index in [0.29, 0.717) is 11.4 Å². The summed E-state index contributed by atoms with van der Waals surface area (Å²) < 4.78 is 7.73. The highest BCUT2D eigenvalue weighted by molar-refractivity contribution is 5.81. The number of anilines is 1. The molecule has 6 rings (SSSR count). The van der Waals surface area contributed by atoms with Gasteiger partial charge in [0.25, 0.3) is 5.56 Å². The first-order valence-electron chi connectivity index (χ1n) is 14.9. The number of aldehydes is 1. The molecule has 1 heterocycles. The predicted octanol–water partition coefficient (Wildman–Crippen LogP) is 6.88. The first kappa shape index (κ1) is 32.1. The van der Waals surface area contributed by atoms with E-state index in [4.69, 9.17) is 4.74 Å². The summed E-state index contributed by atoms with van der Waals surface area (Å²) in [6.07, 6.45) is 2.50. The van der Waals surface area contributed by atoms with Crippen molar-refractivity contribution < 1.29 is 9.53 Å². The van der Waals surface area contributed by atoms with Crippen molar-refractivity contribution in [2.75, 3.05) is 12.5 Å². The maximum Gasteiger partial charge on any atom is 0.332 e. The Labute approximate surface area is 272 Å². The average molecular weight is 623 g/mol. The summed E-state index contributed by atoms with van der Waals surface area (Å²) in [5, 5.41) is 4.25. The van der Waals surface area contributed by atoms with E-state index in [0.717, 1.165) is 44.4 Å². The smallest absolute Gasteiger partial charge is 0.332 e. The molecule has 6 aromatic rings. The third kappa shape index (κ3) is 8.46. The van der Waals surface area contributed by atoms with Crippen molar-refractivity contribution in [1.29, 1.82) is 0 Å². The minimum absolute atomic E-state index is 0.278. The van der Waals surface area contributed by atoms with Gasteiger partial charge in [-0.15, -0.1) is 0 Å². The Morgan fingerprint density at radius 1 is 0.681 bits per heavy atom. The largest absolute Gasteiger partial charge is 0.497 e. The van der Waals surface area contributed by atoms with E-state index in [1.165, 1.54) is 23.2 Å². The molecule has 0 unspecified atom stereocenters. The molecule has 8 heteroatoms. The second kappa shape index (κ2) is 15.6. The van der Waals surface area contributed by atoms with Gasteiger partial charge in [0, 0.05) is 18.7 Å². The molecule has 1 aromatic heterocycles. The van der Waals surface area contributed by atoms with Crippen LogP contribution < -0.4 is 21.4 Å². The monoisotopic (exact) mass is 622 g/mol. The number of benzene rings is 5. The topological polar surface area (TPSA) is 94.7 Å². The molecule has 47 heavy (non-hydrogen) atoms. The Morgan fingerprint density at radius 3 is 1.70 bits per heavy atom. The van der Waals surface area contributed by atoms with E-state index in [-0.39, 0.29) is 6.54 Å². The highest BCUT2D eigenvalue weighted by Crippen LogP contribution is 2.20. The number of carbonyl (C=O) groups is 1. The molecule has 0 saturated heterocycles. The van der Waals surface area contributed by atoms with Crippen LogP contribution in [0.2, 0.25) is 0 Å². The number of ether oxygens (including phenoxy) is 1. The number of methoxy groups -OCH3 is 1. The zero-order chi connectivity index (χ0) is 33.0. The Kier molecular flexibility index (Phi) is 10.7. The quantitative estimate of drug-likeness (QED) is 0.108. The van der Waals surface area contributed by atoms with Crippen molar-refractivity contribution in [3.63, 3.8) is 0 Å². The van der Waals surface area contributed by atoms with Gasteiger partial charge >= 0.3 is 5.69 Å². The summed E-state index contributed by atoms with van der Waals surface area (Å²) in [5.74, 6) is 1.05. The molecule has 0 spiro atoms. The fraction of sp³-hybridized carbons (Fsp3) is 0.0769. The van der Waals surface area contributed by atoms with Gasteiger partial charge in [-0.1, -0.05) is 121 Å². The van der Waals surface area contributed by atoms with Crippen LogP contribution in [0.25, 0.3) is 22.3 Å². The maximum absolute atomic E-state index is 12.8. The highest BCUT2D eigenvalue weighted by Gasteiger charge is 2.10. The summed E-state index contributed by atoms with van der Waals surface area (Å²) in [4.78, 5) is 35.4. The Bertz CT molecular complexity index is 2050. The molecule has 0 aliphatic heterocycles. The molecule has 0 aliphatic rings. The van der Waals surface area contributed by atoms with Crippen molar-refractivity contribution >= 4 is 18.3 Å². The van der Waals surface area contributed by atoms with Crippen LogP contribution in [-0.2, 0) is 13.6 Å². The molecule has 0 fully saturated rings. The number of hydrogen-bond acceptors (Lipinski definition) is 6. The predicted molar refractivity (Wildman–Crippen MR) is 188 cm³/mol. The lowest BCUT2D eigenvalue weighted by Gasteiger charge is -2.13. The molecule has 0 aliphatic carbocycles. The Hall–Kier alpha value is -6.28. The van der Waals surface area contributed by atoms with Crippen LogP contribution in [0.3, 0.4) is 0 Å². The maximum atomic E-state index is 12.8. The molecule has 1 N–H and O–H groups in total. The lowest BCUT2D eigenvalue weighted by molar-refractivity contribution is 0.112. The van der Waals surface area contributed by atoms with Gasteiger partial charge in [0.2, 0.25) is 0 Å². The minimum Gasteiger partial charge on any atom is -0.497 e. The standard InChI is InChI=1S/C26H24N4O3.C13H10O/c1-29-25(31)16-24(30(26(29)32)18-20-10-14-23(33-2)15-11-20)28-27-17-19-8-12-22(13-9-19)21-6-4-3-5-7-21;14-10-11-6-8-13(9-7-11)12-4-2-1-3-5-12/h3-17,28H,18H2,1-2H3;1-10H. The van der Waals surface area contributed by atoms with E-state index < -0.39 is 11.2 Å². The molecule has 0 atom stereocenters. The van der Waals surface area contributed by atoms with Crippen LogP contribution in [0.15, 0.2) is 154 Å². The highest BCUT2D eigenvalue weighted by atomic mass is 16.5. The van der Waals surface area contributed by atoms with Crippen LogP contribution in [0, 0.1) is 0 Å². The van der Waals surface area contributed by atoms with E-state index in [9.17, 15) is 14.4 Å². The van der Waals surface area contributed by atoms with Crippen LogP contribution >= 0.6 is 0 Å². The first-order valence-corrected chi connectivity index (χ1v) is 14.9. The van der Waals surface area contributed by atoms with Gasteiger partial charge in [-0.2, -0.15) is 5.10 Å². The van der Waals surface area contributed by atoms with Crippen LogP contribution in [0.4, 0.5) is 5.82 Å². The summed E-state index contributed by atoms with van der Waals surface area (Å²) in [6.45, 7) is 0.278. The molecule has 234 valence electrons. The SMILES string of the molecule is COc1ccc(Cn2c(NN=Cc3ccc(-c4ccccc4)cc3)cc(=O)n(C)c2=O)cc1.O=Cc1ccc(-c2ccccc2)cc1. The van der Waals surface area contributed by atoms with E-state index in [1.807, 2.05) is 109 Å². The lowest BCUT2D eigenvalue weighted by Crippen LogP contribution is -2.38. The first-order chi connectivity index (χ1) is 22.9. The number of nitrogens with zero attached hydrogens (tertiary/aromatic N) is 3. The number of hydrogen-bond donors (Lipinski definition) is 1.